The van der Waals surface area contributed by atoms with Crippen molar-refractivity contribution >= 4 is 9.55 Å². The molecule has 1 aliphatic heterocycles. The lowest BCUT2D eigenvalue weighted by Gasteiger charge is -2.11. The average molecular weight is 138 g/mol. The van der Waals surface area contributed by atoms with Gasteiger partial charge in [-0.1, -0.05) is 0 Å². The van der Waals surface area contributed by atoms with E-state index in [1.54, 1.807) is 0 Å². The molecule has 1 rings (SSSR count). The second kappa shape index (κ2) is 7.28. The molecule has 50 valence electrons. The standard InChI is InChI=1S/C4H10N2.FH2P/c1-2-6-4-3-5-1;1-2/h5-6H,1-4H2;2H2. The molecule has 1 unspecified atom stereocenters. The van der Waals surface area contributed by atoms with Crippen molar-refractivity contribution in [2.75, 3.05) is 26.2 Å². The van der Waals surface area contributed by atoms with Crippen LogP contribution in [0.1, 0.15) is 0 Å². The van der Waals surface area contributed by atoms with E-state index < -0.39 is 0 Å². The van der Waals surface area contributed by atoms with Crippen LogP contribution in [0, 0.1) is 0 Å². The Morgan fingerprint density at radius 2 is 1.12 bits per heavy atom. The third-order valence-electron chi connectivity index (χ3n) is 0.957. The molecule has 1 heterocycles. The number of hydrogen-bond donors (Lipinski definition) is 2. The van der Waals surface area contributed by atoms with Gasteiger partial charge in [-0.3, -0.25) is 0 Å². The molecular formula is C4H12FN2P. The van der Waals surface area contributed by atoms with Crippen LogP contribution in [0.3, 0.4) is 0 Å². The van der Waals surface area contributed by atoms with E-state index in [9.17, 15) is 4.20 Å². The van der Waals surface area contributed by atoms with Gasteiger partial charge in [0.05, 0.1) is 9.55 Å². The first-order valence-electron chi connectivity index (χ1n) is 2.63. The summed E-state index contributed by atoms with van der Waals surface area (Å²) in [5, 5.41) is 6.44. The lowest BCUT2D eigenvalue weighted by Crippen LogP contribution is -2.39. The van der Waals surface area contributed by atoms with E-state index in [4.69, 9.17) is 0 Å². The van der Waals surface area contributed by atoms with Gasteiger partial charge in [-0.15, -0.1) is 0 Å². The third-order valence-corrected chi connectivity index (χ3v) is 0.957. The lowest BCUT2D eigenvalue weighted by molar-refractivity contribution is 0.534. The molecule has 1 atom stereocenters. The SMILES string of the molecule is C1CNCCN1.FP. The van der Waals surface area contributed by atoms with Crippen LogP contribution in [0.15, 0.2) is 0 Å². The fourth-order valence-electron chi connectivity index (χ4n) is 0.604. The highest BCUT2D eigenvalue weighted by Gasteiger charge is 1.91. The van der Waals surface area contributed by atoms with Gasteiger partial charge < -0.3 is 10.6 Å². The van der Waals surface area contributed by atoms with Crippen molar-refractivity contribution in [2.24, 2.45) is 0 Å². The maximum atomic E-state index is 9.42. The summed E-state index contributed by atoms with van der Waals surface area (Å²) in [4.78, 5) is 0. The Morgan fingerprint density at radius 1 is 0.875 bits per heavy atom. The van der Waals surface area contributed by atoms with Crippen molar-refractivity contribution < 1.29 is 4.20 Å². The summed E-state index contributed by atoms with van der Waals surface area (Å²) in [7, 11) is 0.917. The van der Waals surface area contributed by atoms with Gasteiger partial charge in [0.2, 0.25) is 0 Å². The van der Waals surface area contributed by atoms with Gasteiger partial charge in [-0.25, -0.2) is 4.20 Å². The minimum absolute atomic E-state index is 0.917. The highest BCUT2D eigenvalue weighted by molar-refractivity contribution is 7.09. The van der Waals surface area contributed by atoms with E-state index in [0.717, 1.165) is 35.7 Å². The minimum Gasteiger partial charge on any atom is -0.314 e. The Labute approximate surface area is 51.6 Å². The van der Waals surface area contributed by atoms with Gasteiger partial charge in [-0.05, 0) is 0 Å². The van der Waals surface area contributed by atoms with E-state index in [0.29, 0.717) is 0 Å². The molecule has 0 bridgehead atoms. The summed E-state index contributed by atoms with van der Waals surface area (Å²) in [6, 6.07) is 0. The van der Waals surface area contributed by atoms with Gasteiger partial charge >= 0.3 is 0 Å². The first kappa shape index (κ1) is 8.28. The molecule has 0 radical (unpaired) electrons. The minimum atomic E-state index is 0.917. The highest BCUT2D eigenvalue weighted by atomic mass is 31.1. The molecule has 4 heteroatoms. The first-order valence-corrected chi connectivity index (χ1v) is 3.07. The molecule has 1 saturated heterocycles. The Kier molecular flexibility index (Phi) is 7.53. The predicted octanol–water partition coefficient (Wildman–Crippen LogP) is -0.0748. The molecule has 8 heavy (non-hydrogen) atoms. The van der Waals surface area contributed by atoms with Crippen LogP contribution in [0.25, 0.3) is 0 Å². The second-order valence-electron chi connectivity index (χ2n) is 1.50. The van der Waals surface area contributed by atoms with Crippen LogP contribution in [0.5, 0.6) is 0 Å². The van der Waals surface area contributed by atoms with Gasteiger partial charge in [0.25, 0.3) is 0 Å². The van der Waals surface area contributed by atoms with E-state index in [1.165, 1.54) is 0 Å². The zero-order valence-corrected chi connectivity index (χ0v) is 5.94. The molecular weight excluding hydrogens is 126 g/mol. The summed E-state index contributed by atoms with van der Waals surface area (Å²) in [5.74, 6) is 0. The van der Waals surface area contributed by atoms with Crippen molar-refractivity contribution in [1.82, 2.24) is 10.6 Å². The zero-order chi connectivity index (χ0) is 6.24. The smallest absolute Gasteiger partial charge is 0.0526 e. The van der Waals surface area contributed by atoms with Gasteiger partial charge in [0.15, 0.2) is 0 Å². The topological polar surface area (TPSA) is 24.1 Å². The molecule has 1 aliphatic rings. The first-order chi connectivity index (χ1) is 4.00. The number of rotatable bonds is 0. The zero-order valence-electron chi connectivity index (χ0n) is 4.78. The van der Waals surface area contributed by atoms with Crippen LogP contribution < -0.4 is 10.6 Å². The summed E-state index contributed by atoms with van der Waals surface area (Å²) in [6.07, 6.45) is 0. The molecule has 2 N–H and O–H groups in total. The van der Waals surface area contributed by atoms with Crippen LogP contribution in [0.4, 0.5) is 4.20 Å². The maximum Gasteiger partial charge on any atom is 0.0526 e. The van der Waals surface area contributed by atoms with E-state index in [-0.39, 0.29) is 0 Å². The van der Waals surface area contributed by atoms with Crippen LogP contribution in [0.2, 0.25) is 0 Å². The molecule has 2 nitrogen and oxygen atoms in total. The molecule has 1 fully saturated rings. The van der Waals surface area contributed by atoms with Crippen molar-refractivity contribution in [3.8, 4) is 0 Å². The van der Waals surface area contributed by atoms with E-state index in [2.05, 4.69) is 10.6 Å². The van der Waals surface area contributed by atoms with E-state index in [1.807, 2.05) is 0 Å². The Bertz CT molecular complexity index is 29.5. The number of halogens is 1. The van der Waals surface area contributed by atoms with Crippen molar-refractivity contribution in [3.05, 3.63) is 0 Å². The highest BCUT2D eigenvalue weighted by Crippen LogP contribution is 1.67. The fraction of sp³-hybridized carbons (Fsp3) is 1.00. The number of piperazine rings is 1. The van der Waals surface area contributed by atoms with Gasteiger partial charge in [0, 0.05) is 26.2 Å². The lowest BCUT2D eigenvalue weighted by atomic mass is 10.4. The number of hydrogen-bond acceptors (Lipinski definition) is 2. The number of nitrogens with one attached hydrogen (secondary N) is 2. The summed E-state index contributed by atoms with van der Waals surface area (Å²) >= 11 is 0. The molecule has 0 aromatic heterocycles. The van der Waals surface area contributed by atoms with Crippen molar-refractivity contribution in [3.63, 3.8) is 0 Å². The van der Waals surface area contributed by atoms with Crippen molar-refractivity contribution in [2.45, 2.75) is 0 Å². The summed E-state index contributed by atoms with van der Waals surface area (Å²) in [6.45, 7) is 4.56. The average Bonchev–Trinajstić information content (AvgIpc) is 1.96. The Morgan fingerprint density at radius 3 is 1.25 bits per heavy atom. The summed E-state index contributed by atoms with van der Waals surface area (Å²) in [5.41, 5.74) is 0. The van der Waals surface area contributed by atoms with E-state index >= 15 is 0 Å². The van der Waals surface area contributed by atoms with Crippen LogP contribution >= 0.6 is 9.55 Å². The quantitative estimate of drug-likeness (QED) is 0.458. The largest absolute Gasteiger partial charge is 0.314 e. The Balaban J connectivity index is 0.000000222. The van der Waals surface area contributed by atoms with Crippen LogP contribution in [-0.4, -0.2) is 26.2 Å². The molecule has 0 aromatic rings. The Hall–Kier alpha value is 0.280. The van der Waals surface area contributed by atoms with Crippen LogP contribution in [-0.2, 0) is 0 Å². The monoisotopic (exact) mass is 138 g/mol. The molecule has 0 aliphatic carbocycles. The second-order valence-corrected chi connectivity index (χ2v) is 1.50. The van der Waals surface area contributed by atoms with Gasteiger partial charge in [0.1, 0.15) is 0 Å². The molecule has 0 amide bonds. The maximum absolute atomic E-state index is 9.42. The summed E-state index contributed by atoms with van der Waals surface area (Å²) < 4.78 is 9.42. The predicted molar refractivity (Wildman–Crippen MR) is 36.6 cm³/mol. The normalized spacial score (nSPS) is 18.8. The van der Waals surface area contributed by atoms with Gasteiger partial charge in [-0.2, -0.15) is 0 Å². The molecule has 0 spiro atoms. The molecule has 0 saturated carbocycles. The molecule has 0 aromatic carbocycles. The fourth-order valence-corrected chi connectivity index (χ4v) is 0.604. The van der Waals surface area contributed by atoms with Crippen molar-refractivity contribution in [1.29, 1.82) is 0 Å². The third kappa shape index (κ3) is 4.44.